The monoisotopic (exact) mass is 333 g/mol. The second-order valence-electron chi connectivity index (χ2n) is 6.33. The second kappa shape index (κ2) is 7.85. The molecule has 5 nitrogen and oxygen atoms in total. The van der Waals surface area contributed by atoms with E-state index in [-0.39, 0.29) is 6.04 Å². The van der Waals surface area contributed by atoms with Crippen LogP contribution in [0.15, 0.2) is 60.9 Å². The smallest absolute Gasteiger partial charge is 0.163 e. The van der Waals surface area contributed by atoms with Crippen molar-refractivity contribution in [2.24, 2.45) is 0 Å². The number of hydrogen-bond acceptors (Lipinski definition) is 5. The molecule has 0 bridgehead atoms. The number of nitrogens with zero attached hydrogens (tertiary/aromatic N) is 4. The molecule has 0 unspecified atom stereocenters. The van der Waals surface area contributed by atoms with Crippen LogP contribution in [0, 0.1) is 6.92 Å². The third-order valence-electron chi connectivity index (χ3n) is 3.85. The van der Waals surface area contributed by atoms with Crippen LogP contribution in [0.3, 0.4) is 0 Å². The Morgan fingerprint density at radius 2 is 1.84 bits per heavy atom. The predicted octanol–water partition coefficient (Wildman–Crippen LogP) is 3.56. The van der Waals surface area contributed by atoms with Crippen LogP contribution in [0.5, 0.6) is 0 Å². The molecule has 3 aromatic rings. The molecular weight excluding hydrogens is 310 g/mol. The highest BCUT2D eigenvalue weighted by Crippen LogP contribution is 2.22. The highest BCUT2D eigenvalue weighted by Gasteiger charge is 2.14. The van der Waals surface area contributed by atoms with Gasteiger partial charge in [-0.05, 0) is 38.7 Å². The Morgan fingerprint density at radius 3 is 2.52 bits per heavy atom. The van der Waals surface area contributed by atoms with E-state index in [1.807, 2.05) is 31.2 Å². The van der Waals surface area contributed by atoms with E-state index in [0.29, 0.717) is 5.82 Å². The number of rotatable bonds is 6. The summed E-state index contributed by atoms with van der Waals surface area (Å²) in [5.41, 5.74) is 3.07. The first-order chi connectivity index (χ1) is 12.1. The molecule has 128 valence electrons. The Morgan fingerprint density at radius 1 is 1.04 bits per heavy atom. The quantitative estimate of drug-likeness (QED) is 0.747. The molecule has 1 aromatic carbocycles. The van der Waals surface area contributed by atoms with Gasteiger partial charge in [-0.15, -0.1) is 0 Å². The Labute approximate surface area is 148 Å². The minimum absolute atomic E-state index is 0.146. The van der Waals surface area contributed by atoms with Crippen LogP contribution in [-0.2, 0) is 0 Å². The number of aromatic nitrogens is 3. The maximum atomic E-state index is 4.70. The van der Waals surface area contributed by atoms with Crippen LogP contribution in [0.1, 0.15) is 17.3 Å². The Bertz CT molecular complexity index is 803. The van der Waals surface area contributed by atoms with Gasteiger partial charge in [-0.25, -0.2) is 9.97 Å². The lowest BCUT2D eigenvalue weighted by Gasteiger charge is -2.23. The van der Waals surface area contributed by atoms with Gasteiger partial charge in [0.2, 0.25) is 0 Å². The first-order valence-corrected chi connectivity index (χ1v) is 8.34. The Balaban J connectivity index is 1.91. The van der Waals surface area contributed by atoms with Gasteiger partial charge in [0.25, 0.3) is 0 Å². The molecule has 3 rings (SSSR count). The first-order valence-electron chi connectivity index (χ1n) is 8.34. The van der Waals surface area contributed by atoms with Crippen LogP contribution in [0.4, 0.5) is 5.82 Å². The summed E-state index contributed by atoms with van der Waals surface area (Å²) in [5.74, 6) is 1.51. The maximum absolute atomic E-state index is 4.70. The highest BCUT2D eigenvalue weighted by molar-refractivity contribution is 5.56. The van der Waals surface area contributed by atoms with Crippen molar-refractivity contribution in [3.8, 4) is 11.4 Å². The third kappa shape index (κ3) is 4.61. The van der Waals surface area contributed by atoms with Crippen LogP contribution in [0.2, 0.25) is 0 Å². The summed E-state index contributed by atoms with van der Waals surface area (Å²) in [6, 6.07) is 16.4. The molecule has 0 aliphatic rings. The number of benzene rings is 1. The number of hydrogen-bond donors (Lipinski definition) is 1. The zero-order chi connectivity index (χ0) is 17.6. The molecule has 25 heavy (non-hydrogen) atoms. The minimum Gasteiger partial charge on any atom is -0.362 e. The Hall–Kier alpha value is -2.79. The van der Waals surface area contributed by atoms with Crippen LogP contribution < -0.4 is 5.32 Å². The van der Waals surface area contributed by atoms with E-state index in [9.17, 15) is 0 Å². The lowest BCUT2D eigenvalue weighted by molar-refractivity contribution is 0.386. The van der Waals surface area contributed by atoms with E-state index in [1.54, 1.807) is 12.4 Å². The maximum Gasteiger partial charge on any atom is 0.163 e. The molecule has 0 aliphatic heterocycles. The van der Waals surface area contributed by atoms with Crippen molar-refractivity contribution in [1.82, 2.24) is 19.9 Å². The number of nitrogens with one attached hydrogen (secondary N) is 1. The van der Waals surface area contributed by atoms with Gasteiger partial charge in [-0.3, -0.25) is 4.98 Å². The number of pyridine rings is 1. The van der Waals surface area contributed by atoms with Crippen LogP contribution >= 0.6 is 0 Å². The summed E-state index contributed by atoms with van der Waals surface area (Å²) in [6.07, 6.45) is 3.54. The summed E-state index contributed by atoms with van der Waals surface area (Å²) < 4.78 is 0. The van der Waals surface area contributed by atoms with Crippen molar-refractivity contribution in [2.75, 3.05) is 26.0 Å². The number of aryl methyl sites for hydroxylation is 1. The average Bonchev–Trinajstić information content (AvgIpc) is 2.62. The summed E-state index contributed by atoms with van der Waals surface area (Å²) in [6.45, 7) is 2.85. The van der Waals surface area contributed by atoms with E-state index in [4.69, 9.17) is 4.98 Å². The molecule has 1 N–H and O–H groups in total. The molecule has 2 heterocycles. The first kappa shape index (κ1) is 17.0. The average molecular weight is 333 g/mol. The number of likely N-dealkylation sites (N-methyl/N-ethyl adjacent to an activating group) is 1. The van der Waals surface area contributed by atoms with E-state index in [0.717, 1.165) is 23.6 Å². The standard InChI is InChI=1S/C20H23N5/c1-15-12-19(24-20(22-15)17-10-7-11-21-13-17)23-18(14-25(2)3)16-8-5-4-6-9-16/h4-13,18H,14H2,1-3H3,(H,22,23,24)/t18-/m0/s1. The molecule has 5 heteroatoms. The third-order valence-corrected chi connectivity index (χ3v) is 3.85. The fraction of sp³-hybridized carbons (Fsp3) is 0.250. The zero-order valence-corrected chi connectivity index (χ0v) is 14.8. The zero-order valence-electron chi connectivity index (χ0n) is 14.8. The summed E-state index contributed by atoms with van der Waals surface area (Å²) in [4.78, 5) is 15.6. The largest absolute Gasteiger partial charge is 0.362 e. The predicted molar refractivity (Wildman–Crippen MR) is 101 cm³/mol. The Kier molecular flexibility index (Phi) is 5.36. The summed E-state index contributed by atoms with van der Waals surface area (Å²) in [7, 11) is 4.15. The molecule has 0 saturated heterocycles. The molecule has 0 amide bonds. The summed E-state index contributed by atoms with van der Waals surface area (Å²) >= 11 is 0. The molecule has 2 aromatic heterocycles. The molecule has 0 spiro atoms. The van der Waals surface area contributed by atoms with Gasteiger partial charge in [-0.1, -0.05) is 30.3 Å². The SMILES string of the molecule is Cc1cc(N[C@@H](CN(C)C)c2ccccc2)nc(-c2cccnc2)n1. The fourth-order valence-electron chi connectivity index (χ4n) is 2.73. The van der Waals surface area contributed by atoms with Crippen molar-refractivity contribution in [2.45, 2.75) is 13.0 Å². The lowest BCUT2D eigenvalue weighted by Crippen LogP contribution is -2.26. The van der Waals surface area contributed by atoms with Gasteiger partial charge >= 0.3 is 0 Å². The van der Waals surface area contributed by atoms with Crippen molar-refractivity contribution >= 4 is 5.82 Å². The van der Waals surface area contributed by atoms with E-state index in [2.05, 4.69) is 58.5 Å². The fourth-order valence-corrected chi connectivity index (χ4v) is 2.73. The van der Waals surface area contributed by atoms with E-state index >= 15 is 0 Å². The topological polar surface area (TPSA) is 53.9 Å². The van der Waals surface area contributed by atoms with Crippen LogP contribution in [-0.4, -0.2) is 40.5 Å². The van der Waals surface area contributed by atoms with E-state index < -0.39 is 0 Å². The molecular formula is C20H23N5. The van der Waals surface area contributed by atoms with E-state index in [1.165, 1.54) is 5.56 Å². The van der Waals surface area contributed by atoms with Gasteiger partial charge in [-0.2, -0.15) is 0 Å². The molecule has 0 aliphatic carbocycles. The minimum atomic E-state index is 0.146. The number of anilines is 1. The second-order valence-corrected chi connectivity index (χ2v) is 6.33. The lowest BCUT2D eigenvalue weighted by atomic mass is 10.1. The normalized spacial score (nSPS) is 12.2. The van der Waals surface area contributed by atoms with Gasteiger partial charge in [0.15, 0.2) is 5.82 Å². The van der Waals surface area contributed by atoms with Crippen molar-refractivity contribution in [3.63, 3.8) is 0 Å². The van der Waals surface area contributed by atoms with Crippen molar-refractivity contribution in [1.29, 1.82) is 0 Å². The van der Waals surface area contributed by atoms with Gasteiger partial charge in [0.1, 0.15) is 5.82 Å². The molecule has 0 radical (unpaired) electrons. The summed E-state index contributed by atoms with van der Waals surface area (Å²) in [5, 5.41) is 3.56. The van der Waals surface area contributed by atoms with Gasteiger partial charge in [0, 0.05) is 36.3 Å². The van der Waals surface area contributed by atoms with Gasteiger partial charge in [0.05, 0.1) is 6.04 Å². The molecule has 0 fully saturated rings. The van der Waals surface area contributed by atoms with Crippen molar-refractivity contribution < 1.29 is 0 Å². The van der Waals surface area contributed by atoms with Gasteiger partial charge < -0.3 is 10.2 Å². The molecule has 1 atom stereocenters. The van der Waals surface area contributed by atoms with Crippen LogP contribution in [0.25, 0.3) is 11.4 Å². The van der Waals surface area contributed by atoms with Crippen molar-refractivity contribution in [3.05, 3.63) is 72.2 Å². The highest BCUT2D eigenvalue weighted by atomic mass is 15.1. The molecule has 0 saturated carbocycles.